The van der Waals surface area contributed by atoms with E-state index in [9.17, 15) is 5.11 Å². The highest BCUT2D eigenvalue weighted by atomic mass is 16.5. The van der Waals surface area contributed by atoms with Gasteiger partial charge in [-0.3, -0.25) is 0 Å². The molecule has 0 aromatic heterocycles. The summed E-state index contributed by atoms with van der Waals surface area (Å²) in [4.78, 5) is 0. The number of ether oxygens (including phenoxy) is 1. The van der Waals surface area contributed by atoms with Gasteiger partial charge in [0.05, 0.1) is 12.7 Å². The van der Waals surface area contributed by atoms with Crippen molar-refractivity contribution in [3.63, 3.8) is 0 Å². The lowest BCUT2D eigenvalue weighted by Gasteiger charge is -2.26. The van der Waals surface area contributed by atoms with Crippen LogP contribution in [-0.4, -0.2) is 30.0 Å². The molecule has 1 saturated carbocycles. The van der Waals surface area contributed by atoms with Crippen molar-refractivity contribution in [2.45, 2.75) is 82.8 Å². The number of hydrogen-bond donors (Lipinski definition) is 2. The lowest BCUT2D eigenvalue weighted by atomic mass is 9.80. The van der Waals surface area contributed by atoms with Crippen LogP contribution in [0.3, 0.4) is 0 Å². The number of aliphatic hydroxyl groups excluding tert-OH is 1. The Morgan fingerprint density at radius 1 is 1.28 bits per heavy atom. The zero-order valence-electron chi connectivity index (χ0n) is 16.0. The summed E-state index contributed by atoms with van der Waals surface area (Å²) in [6.07, 6.45) is 9.50. The van der Waals surface area contributed by atoms with Crippen molar-refractivity contribution in [3.8, 4) is 0 Å². The van der Waals surface area contributed by atoms with Gasteiger partial charge in [-0.2, -0.15) is 0 Å². The van der Waals surface area contributed by atoms with Crippen LogP contribution in [0.2, 0.25) is 0 Å². The number of aryl methyl sites for hydroxylation is 1. The Labute approximate surface area is 153 Å². The van der Waals surface area contributed by atoms with Crippen molar-refractivity contribution < 1.29 is 9.84 Å². The molecule has 0 amide bonds. The van der Waals surface area contributed by atoms with Gasteiger partial charge in [0.25, 0.3) is 0 Å². The fourth-order valence-electron chi connectivity index (χ4n) is 4.63. The van der Waals surface area contributed by atoms with E-state index in [0.717, 1.165) is 31.8 Å². The Hall–Kier alpha value is -0.900. The van der Waals surface area contributed by atoms with Gasteiger partial charge in [-0.05, 0) is 93.7 Å². The molecule has 0 radical (unpaired) electrons. The molecule has 0 saturated heterocycles. The summed E-state index contributed by atoms with van der Waals surface area (Å²) in [5, 5.41) is 9.50. The van der Waals surface area contributed by atoms with Gasteiger partial charge >= 0.3 is 0 Å². The van der Waals surface area contributed by atoms with Gasteiger partial charge in [0.15, 0.2) is 0 Å². The largest absolute Gasteiger partial charge is 0.394 e. The van der Waals surface area contributed by atoms with Crippen LogP contribution in [0.5, 0.6) is 0 Å². The van der Waals surface area contributed by atoms with Gasteiger partial charge in [0.1, 0.15) is 0 Å². The quantitative estimate of drug-likeness (QED) is 0.736. The molecule has 140 valence electrons. The van der Waals surface area contributed by atoms with Gasteiger partial charge in [0.2, 0.25) is 0 Å². The minimum Gasteiger partial charge on any atom is -0.394 e. The van der Waals surface area contributed by atoms with E-state index >= 15 is 0 Å². The van der Waals surface area contributed by atoms with Crippen LogP contribution < -0.4 is 5.73 Å². The summed E-state index contributed by atoms with van der Waals surface area (Å²) >= 11 is 0. The molecule has 3 rings (SSSR count). The fourth-order valence-corrected chi connectivity index (χ4v) is 4.63. The SMILES string of the molecule is CC(C)OCCC[C@H]1CCc2cc([C@H]3CC[C@](N)(CO)C3)ccc2C1. The summed E-state index contributed by atoms with van der Waals surface area (Å²) in [5.74, 6) is 1.33. The molecule has 1 aromatic rings. The molecule has 1 aromatic carbocycles. The van der Waals surface area contributed by atoms with Gasteiger partial charge < -0.3 is 15.6 Å². The molecule has 2 aliphatic carbocycles. The molecule has 0 heterocycles. The third kappa shape index (κ3) is 4.84. The molecular weight excluding hydrogens is 310 g/mol. The van der Waals surface area contributed by atoms with Crippen LogP contribution in [0.1, 0.15) is 75.0 Å². The minimum absolute atomic E-state index is 0.108. The summed E-state index contributed by atoms with van der Waals surface area (Å²) in [7, 11) is 0. The molecule has 0 aliphatic heterocycles. The monoisotopic (exact) mass is 345 g/mol. The van der Waals surface area contributed by atoms with Crippen molar-refractivity contribution >= 4 is 0 Å². The molecule has 3 atom stereocenters. The maximum Gasteiger partial charge on any atom is 0.0611 e. The van der Waals surface area contributed by atoms with Crippen molar-refractivity contribution in [2.75, 3.05) is 13.2 Å². The Balaban J connectivity index is 1.55. The van der Waals surface area contributed by atoms with Crippen molar-refractivity contribution in [1.29, 1.82) is 0 Å². The highest BCUT2D eigenvalue weighted by molar-refractivity contribution is 5.36. The molecule has 1 fully saturated rings. The standard InChI is InChI=1S/C22H35NO2/c1-16(2)25-11-3-4-17-5-6-19-13-20(8-7-18(19)12-17)21-9-10-22(23,14-21)15-24/h7-8,13,16-17,21,24H,3-6,9-12,14-15,23H2,1-2H3/t17-,21-,22+/m0/s1. The van der Waals surface area contributed by atoms with Gasteiger partial charge in [0, 0.05) is 12.1 Å². The van der Waals surface area contributed by atoms with Crippen LogP contribution in [-0.2, 0) is 17.6 Å². The van der Waals surface area contributed by atoms with Gasteiger partial charge in [-0.15, -0.1) is 0 Å². The van der Waals surface area contributed by atoms with Crippen molar-refractivity contribution in [3.05, 3.63) is 34.9 Å². The maximum absolute atomic E-state index is 9.50. The molecule has 3 heteroatoms. The average molecular weight is 346 g/mol. The number of aliphatic hydroxyl groups is 1. The molecular formula is C22H35NO2. The highest BCUT2D eigenvalue weighted by Crippen LogP contribution is 2.40. The summed E-state index contributed by atoms with van der Waals surface area (Å²) in [5.41, 5.74) is 10.4. The van der Waals surface area contributed by atoms with Crippen LogP contribution in [0.25, 0.3) is 0 Å². The van der Waals surface area contributed by atoms with E-state index in [0.29, 0.717) is 12.0 Å². The van der Waals surface area contributed by atoms with E-state index in [-0.39, 0.29) is 12.1 Å². The molecule has 3 nitrogen and oxygen atoms in total. The van der Waals surface area contributed by atoms with Crippen LogP contribution in [0.15, 0.2) is 18.2 Å². The van der Waals surface area contributed by atoms with Gasteiger partial charge in [-0.25, -0.2) is 0 Å². The third-order valence-electron chi connectivity index (χ3n) is 6.20. The third-order valence-corrected chi connectivity index (χ3v) is 6.20. The molecule has 0 spiro atoms. The first-order chi connectivity index (χ1) is 12.0. The number of fused-ring (bicyclic) bond motifs is 1. The predicted octanol–water partition coefficient (Wildman–Crippen LogP) is 3.95. The topological polar surface area (TPSA) is 55.5 Å². The highest BCUT2D eigenvalue weighted by Gasteiger charge is 2.36. The van der Waals surface area contributed by atoms with Crippen LogP contribution in [0.4, 0.5) is 0 Å². The normalized spacial score (nSPS) is 29.2. The molecule has 3 N–H and O–H groups in total. The average Bonchev–Trinajstić information content (AvgIpc) is 3.01. The summed E-state index contributed by atoms with van der Waals surface area (Å²) in [6, 6.07) is 7.11. The Bertz CT molecular complexity index is 571. The van der Waals surface area contributed by atoms with Gasteiger partial charge in [-0.1, -0.05) is 18.2 Å². The predicted molar refractivity (Wildman–Crippen MR) is 103 cm³/mol. The summed E-state index contributed by atoms with van der Waals surface area (Å²) in [6.45, 7) is 5.21. The Morgan fingerprint density at radius 3 is 2.84 bits per heavy atom. The van der Waals surface area contributed by atoms with Crippen molar-refractivity contribution in [2.24, 2.45) is 11.7 Å². The molecule has 2 aliphatic rings. The minimum atomic E-state index is -0.357. The Kier molecular flexibility index (Phi) is 6.19. The second kappa shape index (κ2) is 8.20. The van der Waals surface area contributed by atoms with Crippen LogP contribution in [0, 0.1) is 5.92 Å². The molecule has 25 heavy (non-hydrogen) atoms. The first-order valence-corrected chi connectivity index (χ1v) is 10.1. The van der Waals surface area contributed by atoms with Crippen LogP contribution >= 0.6 is 0 Å². The second-order valence-electron chi connectivity index (χ2n) is 8.66. The fraction of sp³-hybridized carbons (Fsp3) is 0.727. The van der Waals surface area contributed by atoms with E-state index in [2.05, 4.69) is 32.0 Å². The first-order valence-electron chi connectivity index (χ1n) is 10.1. The zero-order chi connectivity index (χ0) is 17.9. The Morgan fingerprint density at radius 2 is 2.12 bits per heavy atom. The molecule has 0 bridgehead atoms. The zero-order valence-corrected chi connectivity index (χ0v) is 16.0. The van der Waals surface area contributed by atoms with E-state index in [4.69, 9.17) is 10.5 Å². The lowest BCUT2D eigenvalue weighted by molar-refractivity contribution is 0.0732. The maximum atomic E-state index is 9.50. The number of benzene rings is 1. The van der Waals surface area contributed by atoms with E-state index < -0.39 is 0 Å². The smallest absolute Gasteiger partial charge is 0.0611 e. The van der Waals surface area contributed by atoms with E-state index in [1.165, 1.54) is 37.7 Å². The number of rotatable bonds is 7. The second-order valence-corrected chi connectivity index (χ2v) is 8.66. The number of nitrogens with two attached hydrogens (primary N) is 1. The number of hydrogen-bond acceptors (Lipinski definition) is 3. The first kappa shape index (κ1) is 18.9. The summed E-state index contributed by atoms with van der Waals surface area (Å²) < 4.78 is 5.67. The van der Waals surface area contributed by atoms with Crippen molar-refractivity contribution in [1.82, 2.24) is 0 Å². The van der Waals surface area contributed by atoms with E-state index in [1.54, 1.807) is 11.1 Å². The molecule has 0 unspecified atom stereocenters. The lowest BCUT2D eigenvalue weighted by Crippen LogP contribution is -2.40. The van der Waals surface area contributed by atoms with E-state index in [1.807, 2.05) is 0 Å².